The summed E-state index contributed by atoms with van der Waals surface area (Å²) in [5.41, 5.74) is 5.71. The number of nitrogens with one attached hydrogen (secondary N) is 1. The molecule has 2 aromatic heterocycles. The van der Waals surface area contributed by atoms with Gasteiger partial charge in [0, 0.05) is 92.3 Å². The summed E-state index contributed by atoms with van der Waals surface area (Å²) < 4.78 is 24.6. The number of phenols is 2. The van der Waals surface area contributed by atoms with E-state index in [2.05, 4.69) is 22.4 Å². The van der Waals surface area contributed by atoms with Gasteiger partial charge in [0.2, 0.25) is 5.82 Å². The van der Waals surface area contributed by atoms with Crippen LogP contribution < -0.4 is 14.8 Å². The number of aryl methyl sites for hydroxylation is 1. The molecule has 3 aliphatic rings. The summed E-state index contributed by atoms with van der Waals surface area (Å²) in [7, 11) is 3.42. The molecule has 0 bridgehead atoms. The zero-order chi connectivity index (χ0) is 54.7. The number of amides is 3. The molecule has 19 nitrogen and oxygen atoms in total. The lowest BCUT2D eigenvalue weighted by molar-refractivity contribution is -0.111. The van der Waals surface area contributed by atoms with Crippen LogP contribution in [0.4, 0.5) is 4.79 Å². The van der Waals surface area contributed by atoms with Crippen molar-refractivity contribution in [3.8, 4) is 45.8 Å². The number of likely N-dealkylation sites (tertiary alicyclic amines) is 1. The summed E-state index contributed by atoms with van der Waals surface area (Å²) in [6.07, 6.45) is 4.56. The number of carbonyl (C=O) groups excluding carboxylic acids is 5. The quantitative estimate of drug-likeness (QED) is 0.0419. The zero-order valence-electron chi connectivity index (χ0n) is 44.2. The zero-order valence-corrected chi connectivity index (χ0v) is 44.2. The minimum atomic E-state index is -1.21. The first-order valence-corrected chi connectivity index (χ1v) is 25.8. The summed E-state index contributed by atoms with van der Waals surface area (Å²) in [6, 6.07) is 22.0. The number of hydrogen-bond acceptors (Lipinski definition) is 15. The summed E-state index contributed by atoms with van der Waals surface area (Å²) in [6.45, 7) is 12.0. The SMILES string of the molecule is CCNC(=O)c1nnc(-c2cc(C(C)C)c(O)cc2O)n1-c1ccc(Oc2ccc(C(=O)N3CCC(N(CC)C(=O)Oc4ccc5nc6c(c(CC)c5c4)CN(C)/C6=C\C(=C(/C=O)COC)C4(C=O)CO4)CC3)cc2)cc1. The molecule has 3 N–H and O–H groups in total. The van der Waals surface area contributed by atoms with Crippen LogP contribution in [0.15, 0.2) is 96.1 Å². The molecule has 0 radical (unpaired) electrons. The number of pyridine rings is 1. The van der Waals surface area contributed by atoms with Crippen LogP contribution in [0, 0.1) is 0 Å². The molecule has 0 spiro atoms. The predicted octanol–water partition coefficient (Wildman–Crippen LogP) is 8.14. The van der Waals surface area contributed by atoms with Gasteiger partial charge in [-0.1, -0.05) is 20.8 Å². The fourth-order valence-electron chi connectivity index (χ4n) is 10.2. The third-order valence-electron chi connectivity index (χ3n) is 14.4. The molecule has 3 aliphatic heterocycles. The number of phenolic OH excluding ortho intramolecular Hbond substituents is 2. The van der Waals surface area contributed by atoms with Gasteiger partial charge in [-0.2, -0.15) is 0 Å². The normalized spacial score (nSPS) is 17.1. The van der Waals surface area contributed by atoms with E-state index in [0.717, 1.165) is 34.2 Å². The fraction of sp³-hybridized carbons (Fsp3) is 0.345. The lowest BCUT2D eigenvalue weighted by Gasteiger charge is -2.37. The van der Waals surface area contributed by atoms with Gasteiger partial charge in [-0.05, 0) is 129 Å². The van der Waals surface area contributed by atoms with Gasteiger partial charge in [-0.15, -0.1) is 10.2 Å². The number of rotatable bonds is 18. The minimum absolute atomic E-state index is 0.00721. The number of fused-ring (bicyclic) bond motifs is 2. The topological polar surface area (TPSA) is 231 Å². The molecule has 0 saturated carbocycles. The number of nitrogens with zero attached hydrogens (tertiary/aromatic N) is 7. The molecule has 4 aromatic carbocycles. The van der Waals surface area contributed by atoms with Crippen LogP contribution in [0.25, 0.3) is 33.7 Å². The fourth-order valence-corrected chi connectivity index (χ4v) is 10.2. The average molecular weight is 1050 g/mol. The molecule has 3 amide bonds. The third kappa shape index (κ3) is 10.6. The molecular formula is C58H62N8O11. The van der Waals surface area contributed by atoms with E-state index in [9.17, 15) is 34.2 Å². The first kappa shape index (κ1) is 53.4. The van der Waals surface area contributed by atoms with Gasteiger partial charge in [-0.3, -0.25) is 23.7 Å². The first-order chi connectivity index (χ1) is 37.1. The van der Waals surface area contributed by atoms with Crippen molar-refractivity contribution in [3.63, 3.8) is 0 Å². The van der Waals surface area contributed by atoms with E-state index in [4.69, 9.17) is 23.9 Å². The highest BCUT2D eigenvalue weighted by molar-refractivity contribution is 5.95. The number of epoxide rings is 1. The van der Waals surface area contributed by atoms with Crippen LogP contribution in [0.2, 0.25) is 0 Å². The molecule has 6 aromatic rings. The number of piperidine rings is 1. The van der Waals surface area contributed by atoms with Gasteiger partial charge in [0.05, 0.1) is 35.7 Å². The van der Waals surface area contributed by atoms with E-state index in [1.165, 1.54) is 17.7 Å². The Hall–Kier alpha value is -8.42. The van der Waals surface area contributed by atoms with Crippen molar-refractivity contribution >= 4 is 47.1 Å². The summed E-state index contributed by atoms with van der Waals surface area (Å²) in [5.74, 6) is 0.653. The second-order valence-corrected chi connectivity index (χ2v) is 19.5. The smallest absolute Gasteiger partial charge is 0.415 e. The largest absolute Gasteiger partial charge is 0.508 e. The van der Waals surface area contributed by atoms with Gasteiger partial charge in [0.1, 0.15) is 35.0 Å². The maximum Gasteiger partial charge on any atom is 0.415 e. The number of hydrogen-bond donors (Lipinski definition) is 3. The Kier molecular flexibility index (Phi) is 15.6. The van der Waals surface area contributed by atoms with E-state index in [1.54, 1.807) is 77.4 Å². The van der Waals surface area contributed by atoms with Crippen molar-refractivity contribution in [1.29, 1.82) is 0 Å². The number of ether oxygens (including phenoxy) is 4. The molecule has 5 heterocycles. The highest BCUT2D eigenvalue weighted by Crippen LogP contribution is 2.43. The Morgan fingerprint density at radius 1 is 0.922 bits per heavy atom. The number of benzene rings is 4. The van der Waals surface area contributed by atoms with Gasteiger partial charge in [0.25, 0.3) is 11.8 Å². The average Bonchev–Trinajstić information content (AvgIpc) is 4.02. The Morgan fingerprint density at radius 2 is 1.61 bits per heavy atom. The molecule has 1 atom stereocenters. The highest BCUT2D eigenvalue weighted by Gasteiger charge is 2.49. The van der Waals surface area contributed by atoms with E-state index in [0.29, 0.717) is 115 Å². The summed E-state index contributed by atoms with van der Waals surface area (Å²) in [5, 5.41) is 33.5. The van der Waals surface area contributed by atoms with Crippen molar-refractivity contribution in [3.05, 3.63) is 130 Å². The lowest BCUT2D eigenvalue weighted by Crippen LogP contribution is -2.49. The van der Waals surface area contributed by atoms with Crippen molar-refractivity contribution in [2.75, 3.05) is 53.6 Å². The summed E-state index contributed by atoms with van der Waals surface area (Å²) in [4.78, 5) is 75.7. The van der Waals surface area contributed by atoms with E-state index in [-0.39, 0.29) is 54.2 Å². The van der Waals surface area contributed by atoms with Crippen LogP contribution in [0.1, 0.15) is 96.7 Å². The van der Waals surface area contributed by atoms with Gasteiger partial charge < -0.3 is 49.2 Å². The first-order valence-electron chi connectivity index (χ1n) is 25.8. The van der Waals surface area contributed by atoms with Crippen LogP contribution in [-0.2, 0) is 32.0 Å². The van der Waals surface area contributed by atoms with Crippen molar-refractivity contribution in [2.45, 2.75) is 78.0 Å². The van der Waals surface area contributed by atoms with E-state index < -0.39 is 17.6 Å². The number of aromatic nitrogens is 4. The third-order valence-corrected chi connectivity index (χ3v) is 14.4. The van der Waals surface area contributed by atoms with Gasteiger partial charge in [0.15, 0.2) is 17.7 Å². The Balaban J connectivity index is 0.834. The molecule has 0 aliphatic carbocycles. The molecule has 400 valence electrons. The Labute approximate surface area is 445 Å². The number of aldehydes is 2. The Morgan fingerprint density at radius 3 is 2.22 bits per heavy atom. The molecule has 77 heavy (non-hydrogen) atoms. The standard InChI is InChI=1S/C58H62N8O11/c1-8-42-44-25-41(19-20-48(44)60-52-46(42)29-63(6)49(52)27-47(36(30-67)31-74-7)58(32-68)33-75-58)77-57(73)65(10-3)37-21-23-64(24-22-37)56(72)35-11-15-39(16-12-35)76-40-17-13-38(14-18-40)66-53(61-62-54(66)55(71)59-9-2)45-26-43(34(4)5)50(69)28-51(45)70/h11-20,25-28,30,32,34,37,69-70H,8-10,21-24,29,31,33H2,1-7H3,(H,59,71)/b47-36-,49-27-. The summed E-state index contributed by atoms with van der Waals surface area (Å²) >= 11 is 0. The van der Waals surface area contributed by atoms with Crippen molar-refractivity contribution in [1.82, 2.24) is 39.8 Å². The van der Waals surface area contributed by atoms with Gasteiger partial charge in [-0.25, -0.2) is 9.78 Å². The maximum atomic E-state index is 13.9. The van der Waals surface area contributed by atoms with Crippen LogP contribution in [0.5, 0.6) is 28.7 Å². The minimum Gasteiger partial charge on any atom is -0.508 e. The van der Waals surface area contributed by atoms with Crippen molar-refractivity contribution < 1.29 is 53.1 Å². The lowest BCUT2D eigenvalue weighted by atomic mass is 9.94. The van der Waals surface area contributed by atoms with Crippen LogP contribution >= 0.6 is 0 Å². The monoisotopic (exact) mass is 1050 g/mol. The molecule has 2 fully saturated rings. The second kappa shape index (κ2) is 22.4. The Bertz CT molecular complexity index is 3320. The second-order valence-electron chi connectivity index (χ2n) is 19.5. The van der Waals surface area contributed by atoms with E-state index in [1.807, 2.05) is 50.9 Å². The number of aromatic hydroxyl groups is 2. The van der Waals surface area contributed by atoms with Gasteiger partial charge >= 0.3 is 6.09 Å². The van der Waals surface area contributed by atoms with E-state index >= 15 is 0 Å². The maximum absolute atomic E-state index is 13.9. The van der Waals surface area contributed by atoms with Crippen LogP contribution in [0.3, 0.4) is 0 Å². The molecular weight excluding hydrogens is 985 g/mol. The molecule has 2 saturated heterocycles. The van der Waals surface area contributed by atoms with Crippen LogP contribution in [-0.4, -0.2) is 140 Å². The molecule has 9 rings (SSSR count). The highest BCUT2D eigenvalue weighted by atomic mass is 16.6. The number of carbonyl (C=O) groups is 5. The molecule has 19 heteroatoms. The number of methoxy groups -OCH3 is 1. The van der Waals surface area contributed by atoms with Crippen molar-refractivity contribution in [2.24, 2.45) is 0 Å². The molecule has 1 unspecified atom stereocenters. The predicted molar refractivity (Wildman–Crippen MR) is 286 cm³/mol.